The predicted molar refractivity (Wildman–Crippen MR) is 103 cm³/mol. The molecule has 2 heterocycles. The van der Waals surface area contributed by atoms with E-state index in [1.165, 1.54) is 18.4 Å². The molecule has 1 fully saturated rings. The molecule has 2 aliphatic rings. The summed E-state index contributed by atoms with van der Waals surface area (Å²) >= 11 is 0. The molecule has 142 valence electrons. The van der Waals surface area contributed by atoms with Crippen LogP contribution in [-0.4, -0.2) is 50.4 Å². The Balaban J connectivity index is 1.57. The fraction of sp³-hybridized carbons (Fsp3) is 0.579. The summed E-state index contributed by atoms with van der Waals surface area (Å²) < 4.78 is 23.4. The van der Waals surface area contributed by atoms with Crippen molar-refractivity contribution in [3.8, 4) is 0 Å². The van der Waals surface area contributed by atoms with E-state index in [1.807, 2.05) is 18.0 Å². The molecule has 6 nitrogen and oxygen atoms in total. The molecule has 1 N–H and O–H groups in total. The largest absolute Gasteiger partial charge is 0.370 e. The third-order valence-corrected chi connectivity index (χ3v) is 7.01. The number of hydrogen-bond donors (Lipinski definition) is 1. The van der Waals surface area contributed by atoms with E-state index in [0.717, 1.165) is 24.9 Å². The summed E-state index contributed by atoms with van der Waals surface area (Å²) in [5, 5.41) is 2.94. The van der Waals surface area contributed by atoms with Crippen molar-refractivity contribution in [3.63, 3.8) is 0 Å². The Bertz CT molecular complexity index is 789. The van der Waals surface area contributed by atoms with Crippen LogP contribution in [0.1, 0.15) is 49.0 Å². The average molecular weight is 378 g/mol. The van der Waals surface area contributed by atoms with E-state index >= 15 is 0 Å². The normalized spacial score (nSPS) is 21.9. The minimum Gasteiger partial charge on any atom is -0.370 e. The van der Waals surface area contributed by atoms with Gasteiger partial charge in [0.05, 0.1) is 11.5 Å². The van der Waals surface area contributed by atoms with Crippen LogP contribution >= 0.6 is 0 Å². The molecule has 0 aromatic carbocycles. The van der Waals surface area contributed by atoms with Gasteiger partial charge in [-0.15, -0.1) is 0 Å². The smallest absolute Gasteiger partial charge is 0.269 e. The number of pyridine rings is 1. The van der Waals surface area contributed by atoms with E-state index in [1.54, 1.807) is 12.3 Å². The molecule has 7 heteroatoms. The van der Waals surface area contributed by atoms with Crippen molar-refractivity contribution in [3.05, 3.63) is 35.7 Å². The Morgan fingerprint density at radius 2 is 2.23 bits per heavy atom. The molecule has 0 bridgehead atoms. The molecule has 1 atom stereocenters. The molecule has 1 unspecified atom stereocenters. The van der Waals surface area contributed by atoms with Crippen molar-refractivity contribution < 1.29 is 13.2 Å². The lowest BCUT2D eigenvalue weighted by Crippen LogP contribution is -2.33. The standard InChI is InChI=1S/C19H27N3O3S/c1-22(17-9-12-26(24,25)14-17)16-8-11-20-18(13-16)19(23)21-10-7-15-5-3-2-4-6-15/h5,8,11,13,17H,2-4,6-7,9-10,12,14H2,1H3,(H,21,23). The zero-order valence-corrected chi connectivity index (χ0v) is 16.1. The Kier molecular flexibility index (Phi) is 5.96. The van der Waals surface area contributed by atoms with Crippen LogP contribution < -0.4 is 10.2 Å². The summed E-state index contributed by atoms with van der Waals surface area (Å²) in [7, 11) is -1.07. The quantitative estimate of drug-likeness (QED) is 0.770. The predicted octanol–water partition coefficient (Wildman–Crippen LogP) is 2.33. The fourth-order valence-electron chi connectivity index (χ4n) is 3.61. The minimum atomic E-state index is -2.94. The van der Waals surface area contributed by atoms with Crippen LogP contribution in [0.15, 0.2) is 30.0 Å². The van der Waals surface area contributed by atoms with Crippen molar-refractivity contribution >= 4 is 21.4 Å². The summed E-state index contributed by atoms with van der Waals surface area (Å²) in [6.07, 6.45) is 10.2. The topological polar surface area (TPSA) is 79.4 Å². The van der Waals surface area contributed by atoms with Gasteiger partial charge in [-0.1, -0.05) is 11.6 Å². The second-order valence-electron chi connectivity index (χ2n) is 7.18. The van der Waals surface area contributed by atoms with Gasteiger partial charge in [-0.25, -0.2) is 8.42 Å². The first-order valence-electron chi connectivity index (χ1n) is 9.30. The van der Waals surface area contributed by atoms with Crippen LogP contribution in [-0.2, 0) is 9.84 Å². The highest BCUT2D eigenvalue weighted by Gasteiger charge is 2.31. The summed E-state index contributed by atoms with van der Waals surface area (Å²) in [5.74, 6) is 0.217. The molecule has 1 aliphatic carbocycles. The number of nitrogens with one attached hydrogen (secondary N) is 1. The van der Waals surface area contributed by atoms with E-state index in [-0.39, 0.29) is 23.5 Å². The molecular formula is C19H27N3O3S. The Labute approximate surface area is 155 Å². The van der Waals surface area contributed by atoms with Gasteiger partial charge in [-0.3, -0.25) is 9.78 Å². The van der Waals surface area contributed by atoms with Crippen molar-refractivity contribution in [1.29, 1.82) is 0 Å². The van der Waals surface area contributed by atoms with E-state index in [0.29, 0.717) is 18.7 Å². The molecule has 1 aliphatic heterocycles. The number of rotatable bonds is 6. The average Bonchev–Trinajstić information content (AvgIpc) is 3.02. The number of anilines is 1. The highest BCUT2D eigenvalue weighted by Crippen LogP contribution is 2.23. The molecule has 1 amide bonds. The van der Waals surface area contributed by atoms with Crippen LogP contribution in [0.3, 0.4) is 0 Å². The first-order valence-corrected chi connectivity index (χ1v) is 11.1. The molecular weight excluding hydrogens is 350 g/mol. The number of sulfone groups is 1. The third kappa shape index (κ3) is 4.84. The van der Waals surface area contributed by atoms with Gasteiger partial charge in [0.15, 0.2) is 9.84 Å². The maximum Gasteiger partial charge on any atom is 0.269 e. The van der Waals surface area contributed by atoms with Gasteiger partial charge in [0, 0.05) is 31.5 Å². The summed E-state index contributed by atoms with van der Waals surface area (Å²) in [5.41, 5.74) is 2.62. The maximum absolute atomic E-state index is 12.4. The van der Waals surface area contributed by atoms with Gasteiger partial charge >= 0.3 is 0 Å². The first kappa shape index (κ1) is 18.9. The van der Waals surface area contributed by atoms with Gasteiger partial charge in [-0.2, -0.15) is 0 Å². The third-order valence-electron chi connectivity index (χ3n) is 5.26. The number of nitrogens with zero attached hydrogens (tertiary/aromatic N) is 2. The van der Waals surface area contributed by atoms with Crippen LogP contribution in [0.2, 0.25) is 0 Å². The van der Waals surface area contributed by atoms with Crippen LogP contribution in [0, 0.1) is 0 Å². The van der Waals surface area contributed by atoms with Gasteiger partial charge in [0.25, 0.3) is 5.91 Å². The number of amides is 1. The van der Waals surface area contributed by atoms with Gasteiger partial charge < -0.3 is 10.2 Å². The second-order valence-corrected chi connectivity index (χ2v) is 9.41. The zero-order valence-electron chi connectivity index (χ0n) is 15.3. The van der Waals surface area contributed by atoms with Gasteiger partial charge in [-0.05, 0) is 50.7 Å². The molecule has 26 heavy (non-hydrogen) atoms. The Morgan fingerprint density at radius 3 is 2.92 bits per heavy atom. The number of hydrogen-bond acceptors (Lipinski definition) is 5. The Morgan fingerprint density at radius 1 is 1.38 bits per heavy atom. The Hall–Kier alpha value is -1.89. The van der Waals surface area contributed by atoms with Gasteiger partial charge in [0.2, 0.25) is 0 Å². The molecule has 1 aromatic rings. The first-order chi connectivity index (χ1) is 12.4. The highest BCUT2D eigenvalue weighted by molar-refractivity contribution is 7.91. The lowest BCUT2D eigenvalue weighted by Gasteiger charge is -2.25. The summed E-state index contributed by atoms with van der Waals surface area (Å²) in [6, 6.07) is 3.51. The van der Waals surface area contributed by atoms with Crippen molar-refractivity contribution in [2.45, 2.75) is 44.6 Å². The molecule has 1 aromatic heterocycles. The number of aromatic nitrogens is 1. The maximum atomic E-state index is 12.4. The van der Waals surface area contributed by atoms with Crippen molar-refractivity contribution in [2.75, 3.05) is 30.0 Å². The van der Waals surface area contributed by atoms with E-state index < -0.39 is 9.84 Å². The highest BCUT2D eigenvalue weighted by atomic mass is 32.2. The molecule has 3 rings (SSSR count). The fourth-order valence-corrected chi connectivity index (χ4v) is 5.39. The summed E-state index contributed by atoms with van der Waals surface area (Å²) in [4.78, 5) is 18.5. The SMILES string of the molecule is CN(c1ccnc(C(=O)NCCC2=CCCCC2)c1)C1CCS(=O)(=O)C1. The second kappa shape index (κ2) is 8.20. The van der Waals surface area contributed by atoms with Crippen LogP contribution in [0.25, 0.3) is 0 Å². The van der Waals surface area contributed by atoms with E-state index in [9.17, 15) is 13.2 Å². The molecule has 1 saturated heterocycles. The van der Waals surface area contributed by atoms with Gasteiger partial charge in [0.1, 0.15) is 5.69 Å². The van der Waals surface area contributed by atoms with Crippen LogP contribution in [0.4, 0.5) is 5.69 Å². The zero-order chi connectivity index (χ0) is 18.6. The minimum absolute atomic E-state index is 0.0449. The van der Waals surface area contributed by atoms with E-state index in [2.05, 4.69) is 16.4 Å². The number of carbonyl (C=O) groups excluding carboxylic acids is 1. The number of allylic oxidation sites excluding steroid dienone is 1. The molecule has 0 saturated carbocycles. The number of carbonyl (C=O) groups is 1. The van der Waals surface area contributed by atoms with Crippen molar-refractivity contribution in [2.24, 2.45) is 0 Å². The molecule has 0 radical (unpaired) electrons. The lowest BCUT2D eigenvalue weighted by atomic mass is 9.97. The molecule has 0 spiro atoms. The lowest BCUT2D eigenvalue weighted by molar-refractivity contribution is 0.0949. The monoisotopic (exact) mass is 377 g/mol. The van der Waals surface area contributed by atoms with E-state index in [4.69, 9.17) is 0 Å². The van der Waals surface area contributed by atoms with Crippen LogP contribution in [0.5, 0.6) is 0 Å². The summed E-state index contributed by atoms with van der Waals surface area (Å²) in [6.45, 7) is 0.618. The van der Waals surface area contributed by atoms with Crippen molar-refractivity contribution in [1.82, 2.24) is 10.3 Å².